The standard InChI is InChI=1S/C10H18O2/c1-11-10-4-2-3-8-7-12-6-5-9(8)10/h8-10H,2-7H2,1H3. The molecule has 0 N–H and O–H groups in total. The topological polar surface area (TPSA) is 18.5 Å². The Labute approximate surface area is 74.2 Å². The highest BCUT2D eigenvalue weighted by Crippen LogP contribution is 2.36. The van der Waals surface area contributed by atoms with Crippen LogP contribution in [0.3, 0.4) is 0 Å². The molecule has 1 saturated carbocycles. The molecule has 70 valence electrons. The summed E-state index contributed by atoms with van der Waals surface area (Å²) in [5, 5.41) is 0. The molecule has 2 aliphatic rings. The van der Waals surface area contributed by atoms with Crippen LogP contribution in [0.1, 0.15) is 25.7 Å². The fourth-order valence-electron chi connectivity index (χ4n) is 2.69. The first-order chi connectivity index (χ1) is 5.92. The molecule has 12 heavy (non-hydrogen) atoms. The molecule has 2 nitrogen and oxygen atoms in total. The fourth-order valence-corrected chi connectivity index (χ4v) is 2.69. The lowest BCUT2D eigenvalue weighted by molar-refractivity contribution is -0.0750. The normalized spacial score (nSPS) is 42.2. The second kappa shape index (κ2) is 3.75. The van der Waals surface area contributed by atoms with Gasteiger partial charge in [0.25, 0.3) is 0 Å². The molecular weight excluding hydrogens is 152 g/mol. The van der Waals surface area contributed by atoms with E-state index in [-0.39, 0.29) is 0 Å². The zero-order valence-electron chi connectivity index (χ0n) is 7.79. The second-order valence-corrected chi connectivity index (χ2v) is 3.99. The second-order valence-electron chi connectivity index (χ2n) is 3.99. The van der Waals surface area contributed by atoms with Crippen LogP contribution in [0, 0.1) is 11.8 Å². The molecule has 0 aromatic carbocycles. The minimum Gasteiger partial charge on any atom is -0.381 e. The van der Waals surface area contributed by atoms with Gasteiger partial charge in [0.05, 0.1) is 6.10 Å². The maximum Gasteiger partial charge on any atom is 0.0603 e. The SMILES string of the molecule is COC1CCCC2COCCC21. The molecule has 0 aromatic rings. The summed E-state index contributed by atoms with van der Waals surface area (Å²) < 4.78 is 11.0. The van der Waals surface area contributed by atoms with E-state index in [1.165, 1.54) is 25.7 Å². The van der Waals surface area contributed by atoms with E-state index in [4.69, 9.17) is 9.47 Å². The Morgan fingerprint density at radius 1 is 1.25 bits per heavy atom. The van der Waals surface area contributed by atoms with E-state index < -0.39 is 0 Å². The van der Waals surface area contributed by atoms with Crippen LogP contribution < -0.4 is 0 Å². The van der Waals surface area contributed by atoms with Crippen molar-refractivity contribution in [3.8, 4) is 0 Å². The number of methoxy groups -OCH3 is 1. The Kier molecular flexibility index (Phi) is 2.66. The number of rotatable bonds is 1. The summed E-state index contributed by atoms with van der Waals surface area (Å²) in [5.41, 5.74) is 0. The molecule has 0 radical (unpaired) electrons. The van der Waals surface area contributed by atoms with Crippen molar-refractivity contribution < 1.29 is 9.47 Å². The summed E-state index contributed by atoms with van der Waals surface area (Å²) >= 11 is 0. The van der Waals surface area contributed by atoms with Crippen molar-refractivity contribution in [2.24, 2.45) is 11.8 Å². The van der Waals surface area contributed by atoms with Crippen LogP contribution >= 0.6 is 0 Å². The lowest BCUT2D eigenvalue weighted by atomic mass is 9.75. The van der Waals surface area contributed by atoms with E-state index in [2.05, 4.69) is 0 Å². The number of hydrogen-bond acceptors (Lipinski definition) is 2. The van der Waals surface area contributed by atoms with Crippen LogP contribution in [-0.4, -0.2) is 26.4 Å². The third-order valence-electron chi connectivity index (χ3n) is 3.38. The van der Waals surface area contributed by atoms with Gasteiger partial charge >= 0.3 is 0 Å². The number of fused-ring (bicyclic) bond motifs is 1. The third-order valence-corrected chi connectivity index (χ3v) is 3.38. The molecule has 0 bridgehead atoms. The van der Waals surface area contributed by atoms with Crippen molar-refractivity contribution in [1.82, 2.24) is 0 Å². The van der Waals surface area contributed by atoms with Crippen LogP contribution in [0.2, 0.25) is 0 Å². The highest BCUT2D eigenvalue weighted by atomic mass is 16.5. The molecule has 2 fully saturated rings. The first-order valence-electron chi connectivity index (χ1n) is 5.02. The molecule has 0 spiro atoms. The Morgan fingerprint density at radius 2 is 2.17 bits per heavy atom. The minimum atomic E-state index is 0.521. The molecule has 2 heteroatoms. The number of ether oxygens (including phenoxy) is 2. The summed E-state index contributed by atoms with van der Waals surface area (Å²) in [5.74, 6) is 1.58. The highest BCUT2D eigenvalue weighted by molar-refractivity contribution is 4.84. The van der Waals surface area contributed by atoms with Gasteiger partial charge in [0.2, 0.25) is 0 Å². The molecule has 1 heterocycles. The molecular formula is C10H18O2. The smallest absolute Gasteiger partial charge is 0.0603 e. The number of hydrogen-bond donors (Lipinski definition) is 0. The van der Waals surface area contributed by atoms with Gasteiger partial charge in [-0.2, -0.15) is 0 Å². The van der Waals surface area contributed by atoms with Crippen molar-refractivity contribution in [1.29, 1.82) is 0 Å². The lowest BCUT2D eigenvalue weighted by Gasteiger charge is -2.40. The quantitative estimate of drug-likeness (QED) is 0.598. The minimum absolute atomic E-state index is 0.521. The maximum atomic E-state index is 5.51. The van der Waals surface area contributed by atoms with Crippen LogP contribution in [0.15, 0.2) is 0 Å². The Morgan fingerprint density at radius 3 is 3.00 bits per heavy atom. The highest BCUT2D eigenvalue weighted by Gasteiger charge is 2.35. The Balaban J connectivity index is 1.99. The summed E-state index contributed by atoms with van der Waals surface area (Å²) in [7, 11) is 1.85. The van der Waals surface area contributed by atoms with Gasteiger partial charge in [-0.1, -0.05) is 6.42 Å². The summed E-state index contributed by atoms with van der Waals surface area (Å²) in [6.45, 7) is 1.92. The van der Waals surface area contributed by atoms with E-state index in [1.807, 2.05) is 7.11 Å². The van der Waals surface area contributed by atoms with Gasteiger partial charge in [0.1, 0.15) is 0 Å². The molecule has 0 aromatic heterocycles. The van der Waals surface area contributed by atoms with Crippen LogP contribution in [0.25, 0.3) is 0 Å². The first kappa shape index (κ1) is 8.52. The van der Waals surface area contributed by atoms with Gasteiger partial charge in [-0.3, -0.25) is 0 Å². The summed E-state index contributed by atoms with van der Waals surface area (Å²) in [6, 6.07) is 0. The van der Waals surface area contributed by atoms with E-state index in [1.54, 1.807) is 0 Å². The molecule has 1 saturated heterocycles. The van der Waals surface area contributed by atoms with Crippen molar-refractivity contribution >= 4 is 0 Å². The van der Waals surface area contributed by atoms with E-state index >= 15 is 0 Å². The predicted octanol–water partition coefficient (Wildman–Crippen LogP) is 1.84. The third kappa shape index (κ3) is 1.50. The monoisotopic (exact) mass is 170 g/mol. The van der Waals surface area contributed by atoms with E-state index in [9.17, 15) is 0 Å². The summed E-state index contributed by atoms with van der Waals surface area (Å²) in [6.07, 6.45) is 5.67. The van der Waals surface area contributed by atoms with Gasteiger partial charge in [0.15, 0.2) is 0 Å². The van der Waals surface area contributed by atoms with Crippen LogP contribution in [0.4, 0.5) is 0 Å². The molecule has 3 unspecified atom stereocenters. The zero-order valence-corrected chi connectivity index (χ0v) is 7.79. The van der Waals surface area contributed by atoms with Gasteiger partial charge < -0.3 is 9.47 Å². The van der Waals surface area contributed by atoms with Crippen LogP contribution in [-0.2, 0) is 9.47 Å². The summed E-state index contributed by atoms with van der Waals surface area (Å²) in [4.78, 5) is 0. The van der Waals surface area contributed by atoms with Gasteiger partial charge in [0, 0.05) is 20.3 Å². The van der Waals surface area contributed by atoms with Gasteiger partial charge in [-0.15, -0.1) is 0 Å². The zero-order chi connectivity index (χ0) is 8.39. The van der Waals surface area contributed by atoms with Crippen molar-refractivity contribution in [2.45, 2.75) is 31.8 Å². The van der Waals surface area contributed by atoms with Crippen molar-refractivity contribution in [3.63, 3.8) is 0 Å². The predicted molar refractivity (Wildman–Crippen MR) is 47.1 cm³/mol. The Bertz CT molecular complexity index is 138. The average Bonchev–Trinajstić information content (AvgIpc) is 2.17. The van der Waals surface area contributed by atoms with Crippen molar-refractivity contribution in [2.75, 3.05) is 20.3 Å². The van der Waals surface area contributed by atoms with E-state index in [0.29, 0.717) is 6.10 Å². The molecule has 3 atom stereocenters. The average molecular weight is 170 g/mol. The molecule has 1 aliphatic heterocycles. The fraction of sp³-hybridized carbons (Fsp3) is 1.00. The first-order valence-corrected chi connectivity index (χ1v) is 5.02. The maximum absolute atomic E-state index is 5.51. The lowest BCUT2D eigenvalue weighted by Crippen LogP contribution is -2.39. The Hall–Kier alpha value is -0.0800. The van der Waals surface area contributed by atoms with Gasteiger partial charge in [-0.05, 0) is 31.1 Å². The largest absolute Gasteiger partial charge is 0.381 e. The molecule has 1 aliphatic carbocycles. The van der Waals surface area contributed by atoms with E-state index in [0.717, 1.165) is 25.0 Å². The van der Waals surface area contributed by atoms with Crippen molar-refractivity contribution in [3.05, 3.63) is 0 Å². The van der Waals surface area contributed by atoms with Crippen LogP contribution in [0.5, 0.6) is 0 Å². The molecule has 2 rings (SSSR count). The van der Waals surface area contributed by atoms with Gasteiger partial charge in [-0.25, -0.2) is 0 Å². The molecule has 0 amide bonds.